The van der Waals surface area contributed by atoms with Gasteiger partial charge in [0.05, 0.1) is 29.6 Å². The number of morpholine rings is 1. The van der Waals surface area contributed by atoms with E-state index < -0.39 is 45.4 Å². The number of hydrogen-bond donors (Lipinski definition) is 0. The van der Waals surface area contributed by atoms with Gasteiger partial charge in [-0.3, -0.25) is 9.10 Å². The number of carbonyl (C=O) groups excluding carboxylic acids is 1. The molecular weight excluding hydrogens is 622 g/mol. The number of hydrogen-bond acceptors (Lipinski definition) is 4. The minimum absolute atomic E-state index is 0.0215. The zero-order valence-electron chi connectivity index (χ0n) is 24.9. The Morgan fingerprint density at radius 1 is 1.02 bits per heavy atom. The summed E-state index contributed by atoms with van der Waals surface area (Å²) in [6.45, 7) is 5.60. The molecule has 0 bridgehead atoms. The van der Waals surface area contributed by atoms with Gasteiger partial charge >= 0.3 is 0 Å². The molecule has 1 saturated carbocycles. The number of benzene rings is 3. The summed E-state index contributed by atoms with van der Waals surface area (Å²) in [6, 6.07) is 19.2. The van der Waals surface area contributed by atoms with Gasteiger partial charge < -0.3 is 9.64 Å². The van der Waals surface area contributed by atoms with Crippen LogP contribution in [0.15, 0.2) is 84.9 Å². The number of nitrogens with zero attached hydrogens (tertiary/aromatic N) is 2. The molecule has 0 spiro atoms. The predicted molar refractivity (Wildman–Crippen MR) is 174 cm³/mol. The number of amides is 1. The van der Waals surface area contributed by atoms with Crippen LogP contribution in [0.25, 0.3) is 0 Å². The third kappa shape index (κ3) is 6.69. The van der Waals surface area contributed by atoms with Gasteiger partial charge in [-0.1, -0.05) is 85.6 Å². The van der Waals surface area contributed by atoms with E-state index in [4.69, 9.17) is 27.9 Å². The van der Waals surface area contributed by atoms with E-state index in [1.54, 1.807) is 29.2 Å². The summed E-state index contributed by atoms with van der Waals surface area (Å²) in [7, 11) is -3.88. The van der Waals surface area contributed by atoms with E-state index in [0.717, 1.165) is 11.1 Å². The van der Waals surface area contributed by atoms with Crippen molar-refractivity contribution in [2.45, 2.75) is 69.6 Å². The van der Waals surface area contributed by atoms with Crippen LogP contribution in [0.1, 0.15) is 63.3 Å². The van der Waals surface area contributed by atoms with Crippen LogP contribution in [-0.4, -0.2) is 43.2 Å². The molecule has 44 heavy (non-hydrogen) atoms. The molecule has 10 heteroatoms. The molecule has 0 unspecified atom stereocenters. The Bertz CT molecular complexity index is 1610. The minimum Gasteiger partial charge on any atom is -0.357 e. The van der Waals surface area contributed by atoms with Crippen LogP contribution in [0, 0.1) is 11.7 Å². The van der Waals surface area contributed by atoms with Crippen molar-refractivity contribution in [3.05, 3.63) is 112 Å². The Balaban J connectivity index is 1.67. The van der Waals surface area contributed by atoms with E-state index >= 15 is 4.39 Å². The third-order valence-corrected chi connectivity index (χ3v) is 11.1. The average molecular weight is 660 g/mol. The Morgan fingerprint density at radius 3 is 2.34 bits per heavy atom. The zero-order chi connectivity index (χ0) is 31.6. The van der Waals surface area contributed by atoms with Crippen molar-refractivity contribution in [1.29, 1.82) is 0 Å². The Labute approximate surface area is 269 Å². The minimum atomic E-state index is -3.88. The van der Waals surface area contributed by atoms with Gasteiger partial charge in [-0.15, -0.1) is 0 Å². The number of sulfonamides is 1. The van der Waals surface area contributed by atoms with Crippen molar-refractivity contribution in [3.8, 4) is 0 Å². The highest BCUT2D eigenvalue weighted by atomic mass is 35.5. The van der Waals surface area contributed by atoms with Crippen molar-refractivity contribution >= 4 is 44.8 Å². The van der Waals surface area contributed by atoms with Crippen LogP contribution >= 0.6 is 23.2 Å². The lowest BCUT2D eigenvalue weighted by Crippen LogP contribution is -2.59. The molecule has 3 aromatic rings. The van der Waals surface area contributed by atoms with Gasteiger partial charge in [-0.05, 0) is 73.7 Å². The van der Waals surface area contributed by atoms with E-state index in [-0.39, 0.29) is 24.1 Å². The molecule has 0 radical (unpaired) electrons. The van der Waals surface area contributed by atoms with Crippen LogP contribution in [-0.2, 0) is 19.6 Å². The standard InChI is InChI=1S/C34H37Cl2FN2O4S/c1-4-9-22(3)32-34(40)39(27(5-2)21-38(44(41,42)28-18-19-28)30-13-7-6-12-29(30)37)31(23-14-16-25(35)17-15-23)33(43-32)24-10-8-11-26(36)20-24/h4,6-17,20,22,27-28,31-33H,5,18-19,21H2,1-3H3/b9-4+/t22-,27+,31-,32+,33-/m1/s1. The molecule has 2 aliphatic rings. The molecule has 234 valence electrons. The monoisotopic (exact) mass is 658 g/mol. The highest BCUT2D eigenvalue weighted by Crippen LogP contribution is 2.46. The van der Waals surface area contributed by atoms with Crippen LogP contribution in [0.5, 0.6) is 0 Å². The first-order valence-electron chi connectivity index (χ1n) is 14.9. The predicted octanol–water partition coefficient (Wildman–Crippen LogP) is 8.13. The van der Waals surface area contributed by atoms with E-state index in [2.05, 4.69) is 0 Å². The molecule has 5 rings (SSSR count). The molecule has 2 fully saturated rings. The van der Waals surface area contributed by atoms with Gasteiger partial charge in [0, 0.05) is 16.0 Å². The lowest BCUT2D eigenvalue weighted by atomic mass is 9.88. The van der Waals surface area contributed by atoms with E-state index in [9.17, 15) is 13.2 Å². The van der Waals surface area contributed by atoms with Crippen molar-refractivity contribution in [2.24, 2.45) is 5.92 Å². The van der Waals surface area contributed by atoms with E-state index in [0.29, 0.717) is 29.3 Å². The van der Waals surface area contributed by atoms with Crippen LogP contribution < -0.4 is 4.31 Å². The molecule has 0 aromatic heterocycles. The van der Waals surface area contributed by atoms with Crippen molar-refractivity contribution in [2.75, 3.05) is 10.8 Å². The first-order chi connectivity index (χ1) is 21.1. The van der Waals surface area contributed by atoms with Gasteiger partial charge in [-0.25, -0.2) is 12.8 Å². The van der Waals surface area contributed by atoms with Crippen molar-refractivity contribution in [1.82, 2.24) is 4.90 Å². The van der Waals surface area contributed by atoms with Gasteiger partial charge in [0.2, 0.25) is 10.0 Å². The number of para-hydroxylation sites is 1. The summed E-state index contributed by atoms with van der Waals surface area (Å²) in [4.78, 5) is 16.4. The fourth-order valence-corrected chi connectivity index (χ4v) is 8.18. The molecule has 1 aliphatic heterocycles. The van der Waals surface area contributed by atoms with Gasteiger partial charge in [0.15, 0.2) is 0 Å². The van der Waals surface area contributed by atoms with E-state index in [1.165, 1.54) is 22.5 Å². The number of rotatable bonds is 11. The smallest absolute Gasteiger partial charge is 0.253 e. The summed E-state index contributed by atoms with van der Waals surface area (Å²) in [6.07, 6.45) is 3.76. The lowest BCUT2D eigenvalue weighted by Gasteiger charge is -2.49. The Kier molecular flexibility index (Phi) is 10.0. The SMILES string of the molecule is C/C=C/[C@@H](C)[C@@H]1O[C@H](c2cccc(Cl)c2)[C@@H](c2ccc(Cl)cc2)N([C@@H](CC)CN(c2ccccc2F)S(=O)(=O)C2CC2)C1=O. The normalized spacial score (nSPS) is 22.3. The number of carbonyl (C=O) groups is 1. The number of allylic oxidation sites excluding steroid dienone is 1. The summed E-state index contributed by atoms with van der Waals surface area (Å²) >= 11 is 12.7. The second-order valence-electron chi connectivity index (χ2n) is 11.4. The molecule has 1 saturated heterocycles. The first kappa shape index (κ1) is 32.5. The van der Waals surface area contributed by atoms with Crippen molar-refractivity contribution in [3.63, 3.8) is 0 Å². The van der Waals surface area contributed by atoms with Crippen LogP contribution in [0.4, 0.5) is 10.1 Å². The second-order valence-corrected chi connectivity index (χ2v) is 14.5. The quantitative estimate of drug-likeness (QED) is 0.195. The lowest BCUT2D eigenvalue weighted by molar-refractivity contribution is -0.183. The van der Waals surface area contributed by atoms with E-state index in [1.807, 2.05) is 63.3 Å². The molecule has 5 atom stereocenters. The Hall–Kier alpha value is -2.91. The van der Waals surface area contributed by atoms with Gasteiger partial charge in [0.25, 0.3) is 5.91 Å². The third-order valence-electron chi connectivity index (χ3n) is 8.35. The van der Waals surface area contributed by atoms with Crippen LogP contribution in [0.2, 0.25) is 10.0 Å². The van der Waals surface area contributed by atoms with Crippen molar-refractivity contribution < 1.29 is 22.3 Å². The fourth-order valence-electron chi connectivity index (χ4n) is 5.96. The zero-order valence-corrected chi connectivity index (χ0v) is 27.3. The topological polar surface area (TPSA) is 66.9 Å². The molecule has 3 aromatic carbocycles. The highest BCUT2D eigenvalue weighted by Gasteiger charge is 2.49. The number of halogens is 3. The van der Waals surface area contributed by atoms with Gasteiger partial charge in [-0.2, -0.15) is 0 Å². The van der Waals surface area contributed by atoms with Gasteiger partial charge in [0.1, 0.15) is 18.0 Å². The number of anilines is 1. The molecular formula is C34H37Cl2FN2O4S. The molecule has 6 nitrogen and oxygen atoms in total. The van der Waals surface area contributed by atoms with Crippen LogP contribution in [0.3, 0.4) is 0 Å². The second kappa shape index (κ2) is 13.6. The fraction of sp³-hybridized carbons (Fsp3) is 0.382. The largest absolute Gasteiger partial charge is 0.357 e. The summed E-state index contributed by atoms with van der Waals surface area (Å²) in [5.41, 5.74) is 1.52. The molecule has 0 N–H and O–H groups in total. The molecule has 1 heterocycles. The maximum atomic E-state index is 15.2. The highest BCUT2D eigenvalue weighted by molar-refractivity contribution is 7.93. The Morgan fingerprint density at radius 2 is 1.73 bits per heavy atom. The number of ether oxygens (including phenoxy) is 1. The average Bonchev–Trinajstić information content (AvgIpc) is 3.86. The molecule has 1 amide bonds. The maximum Gasteiger partial charge on any atom is 0.253 e. The summed E-state index contributed by atoms with van der Waals surface area (Å²) in [5.74, 6) is -1.18. The maximum absolute atomic E-state index is 15.2. The molecule has 1 aliphatic carbocycles. The summed E-state index contributed by atoms with van der Waals surface area (Å²) in [5, 5.41) is 0.486. The summed E-state index contributed by atoms with van der Waals surface area (Å²) < 4.78 is 50.7. The first-order valence-corrected chi connectivity index (χ1v) is 17.2.